The van der Waals surface area contributed by atoms with Crippen LogP contribution in [0.3, 0.4) is 0 Å². The van der Waals surface area contributed by atoms with Crippen molar-refractivity contribution in [2.24, 2.45) is 5.92 Å². The lowest BCUT2D eigenvalue weighted by Crippen LogP contribution is -2.28. The van der Waals surface area contributed by atoms with Crippen LogP contribution in [0.25, 0.3) is 0 Å². The van der Waals surface area contributed by atoms with Gasteiger partial charge in [-0.3, -0.25) is 0 Å². The highest BCUT2D eigenvalue weighted by Crippen LogP contribution is 2.28. The van der Waals surface area contributed by atoms with Gasteiger partial charge >= 0.3 is 0 Å². The van der Waals surface area contributed by atoms with Crippen molar-refractivity contribution in [1.29, 1.82) is 0 Å². The van der Waals surface area contributed by atoms with Crippen LogP contribution in [0.15, 0.2) is 17.8 Å². The minimum atomic E-state index is 0.212. The topological polar surface area (TPSA) is 63.0 Å². The molecule has 0 amide bonds. The molecule has 2 rings (SSSR count). The second-order valence-corrected chi connectivity index (χ2v) is 6.35. The largest absolute Gasteiger partial charge is 0.396 e. The van der Waals surface area contributed by atoms with E-state index >= 15 is 0 Å². The molecule has 1 aromatic rings. The van der Waals surface area contributed by atoms with Gasteiger partial charge in [0.2, 0.25) is 0 Å². The van der Waals surface area contributed by atoms with Crippen LogP contribution in [0.2, 0.25) is 0 Å². The Bertz CT molecular complexity index is 429. The molecule has 0 aromatic carbocycles. The van der Waals surface area contributed by atoms with Crippen molar-refractivity contribution in [3.63, 3.8) is 0 Å². The second kappa shape index (κ2) is 7.81. The molecule has 0 aliphatic carbocycles. The Morgan fingerprint density at radius 3 is 2.90 bits per heavy atom. The minimum absolute atomic E-state index is 0.212. The third kappa shape index (κ3) is 3.84. The summed E-state index contributed by atoms with van der Waals surface area (Å²) < 4.78 is 2.18. The molecule has 20 heavy (non-hydrogen) atoms. The lowest BCUT2D eigenvalue weighted by Gasteiger charge is -2.22. The summed E-state index contributed by atoms with van der Waals surface area (Å²) in [6.45, 7) is 8.94. The van der Waals surface area contributed by atoms with Crippen LogP contribution in [0.1, 0.15) is 31.5 Å². The van der Waals surface area contributed by atoms with E-state index in [1.54, 1.807) is 11.8 Å². The van der Waals surface area contributed by atoms with Gasteiger partial charge in [0.1, 0.15) is 5.82 Å². The van der Waals surface area contributed by atoms with E-state index in [2.05, 4.69) is 26.7 Å². The standard InChI is InChI=1S/C14H24N4OS/c1-3-8-18-13(12-4-6-15-7-5-12)16-17-14(18)20-10-11(2)9-19/h3,11-12,15,19H,1,4-10H2,2H3/t11-/m0/s1. The molecular formula is C14H24N4OS. The number of allylic oxidation sites excluding steroid dienone is 1. The average molecular weight is 296 g/mol. The third-order valence-electron chi connectivity index (χ3n) is 3.57. The van der Waals surface area contributed by atoms with Crippen molar-refractivity contribution in [2.75, 3.05) is 25.4 Å². The van der Waals surface area contributed by atoms with Gasteiger partial charge in [0.25, 0.3) is 0 Å². The van der Waals surface area contributed by atoms with E-state index in [-0.39, 0.29) is 12.5 Å². The number of piperidine rings is 1. The van der Waals surface area contributed by atoms with Crippen molar-refractivity contribution >= 4 is 11.8 Å². The Labute approximate surface area is 124 Å². The summed E-state index contributed by atoms with van der Waals surface area (Å²) in [5.41, 5.74) is 0. The van der Waals surface area contributed by atoms with Crippen LogP contribution < -0.4 is 5.32 Å². The molecule has 1 aromatic heterocycles. The molecule has 112 valence electrons. The summed E-state index contributed by atoms with van der Waals surface area (Å²) in [5.74, 6) is 2.72. The molecule has 2 N–H and O–H groups in total. The second-order valence-electron chi connectivity index (χ2n) is 5.36. The highest BCUT2D eigenvalue weighted by atomic mass is 32.2. The minimum Gasteiger partial charge on any atom is -0.396 e. The summed E-state index contributed by atoms with van der Waals surface area (Å²) in [5, 5.41) is 22.2. The van der Waals surface area contributed by atoms with Crippen LogP contribution in [0, 0.1) is 5.92 Å². The lowest BCUT2D eigenvalue weighted by molar-refractivity contribution is 0.250. The number of nitrogens with zero attached hydrogens (tertiary/aromatic N) is 3. The third-order valence-corrected chi connectivity index (χ3v) is 4.87. The number of hydrogen-bond acceptors (Lipinski definition) is 5. The zero-order chi connectivity index (χ0) is 14.4. The van der Waals surface area contributed by atoms with Crippen molar-refractivity contribution < 1.29 is 5.11 Å². The van der Waals surface area contributed by atoms with Gasteiger partial charge in [-0.05, 0) is 31.8 Å². The average Bonchev–Trinajstić information content (AvgIpc) is 2.89. The molecule has 0 radical (unpaired) electrons. The van der Waals surface area contributed by atoms with E-state index in [0.29, 0.717) is 5.92 Å². The molecule has 0 bridgehead atoms. The van der Waals surface area contributed by atoms with Gasteiger partial charge in [-0.25, -0.2) is 0 Å². The number of aliphatic hydroxyl groups excluding tert-OH is 1. The van der Waals surface area contributed by atoms with Crippen LogP contribution in [-0.2, 0) is 6.54 Å². The first kappa shape index (κ1) is 15.5. The van der Waals surface area contributed by atoms with E-state index in [4.69, 9.17) is 5.11 Å². The summed E-state index contributed by atoms with van der Waals surface area (Å²) in [6, 6.07) is 0. The molecule has 1 saturated heterocycles. The van der Waals surface area contributed by atoms with Crippen molar-refractivity contribution in [3.05, 3.63) is 18.5 Å². The molecule has 1 aliphatic heterocycles. The lowest BCUT2D eigenvalue weighted by atomic mass is 9.97. The van der Waals surface area contributed by atoms with E-state index in [1.807, 2.05) is 13.0 Å². The molecule has 0 saturated carbocycles. The Balaban J connectivity index is 2.11. The monoisotopic (exact) mass is 296 g/mol. The van der Waals surface area contributed by atoms with Crippen molar-refractivity contribution in [1.82, 2.24) is 20.1 Å². The maximum absolute atomic E-state index is 9.12. The van der Waals surface area contributed by atoms with Gasteiger partial charge in [0.15, 0.2) is 5.16 Å². The summed E-state index contributed by atoms with van der Waals surface area (Å²) in [4.78, 5) is 0. The highest BCUT2D eigenvalue weighted by Gasteiger charge is 2.23. The van der Waals surface area contributed by atoms with Gasteiger partial charge < -0.3 is 15.0 Å². The maximum Gasteiger partial charge on any atom is 0.191 e. The molecule has 1 fully saturated rings. The van der Waals surface area contributed by atoms with Crippen LogP contribution in [0.4, 0.5) is 0 Å². The molecule has 1 aliphatic rings. The summed E-state index contributed by atoms with van der Waals surface area (Å²) in [7, 11) is 0. The number of aliphatic hydroxyl groups is 1. The molecule has 1 atom stereocenters. The van der Waals surface area contributed by atoms with Gasteiger partial charge in [0, 0.05) is 24.8 Å². The molecule has 5 nitrogen and oxygen atoms in total. The number of rotatable bonds is 7. The number of nitrogens with one attached hydrogen (secondary N) is 1. The number of aromatic nitrogens is 3. The highest BCUT2D eigenvalue weighted by molar-refractivity contribution is 7.99. The first-order valence-corrected chi connectivity index (χ1v) is 8.23. The fraction of sp³-hybridized carbons (Fsp3) is 0.714. The van der Waals surface area contributed by atoms with Gasteiger partial charge in [-0.15, -0.1) is 16.8 Å². The smallest absolute Gasteiger partial charge is 0.191 e. The Morgan fingerprint density at radius 1 is 1.50 bits per heavy atom. The zero-order valence-corrected chi connectivity index (χ0v) is 12.9. The van der Waals surface area contributed by atoms with E-state index in [9.17, 15) is 0 Å². The summed E-state index contributed by atoms with van der Waals surface area (Å²) in [6.07, 6.45) is 4.13. The van der Waals surface area contributed by atoms with E-state index < -0.39 is 0 Å². The Morgan fingerprint density at radius 2 is 2.25 bits per heavy atom. The maximum atomic E-state index is 9.12. The van der Waals surface area contributed by atoms with Gasteiger partial charge in [-0.2, -0.15) is 0 Å². The van der Waals surface area contributed by atoms with E-state index in [0.717, 1.165) is 49.2 Å². The molecule has 6 heteroatoms. The van der Waals surface area contributed by atoms with Crippen molar-refractivity contribution in [2.45, 2.75) is 37.4 Å². The van der Waals surface area contributed by atoms with Crippen molar-refractivity contribution in [3.8, 4) is 0 Å². The van der Waals surface area contributed by atoms with Crippen LogP contribution in [0.5, 0.6) is 0 Å². The number of thioether (sulfide) groups is 1. The Kier molecular flexibility index (Phi) is 6.06. The zero-order valence-electron chi connectivity index (χ0n) is 12.1. The molecular weight excluding hydrogens is 272 g/mol. The molecule has 0 spiro atoms. The first-order valence-electron chi connectivity index (χ1n) is 7.24. The quantitative estimate of drug-likeness (QED) is 0.592. The Hall–Kier alpha value is -0.850. The van der Waals surface area contributed by atoms with Gasteiger partial charge in [-0.1, -0.05) is 24.8 Å². The molecule has 0 unspecified atom stereocenters. The summed E-state index contributed by atoms with van der Waals surface area (Å²) >= 11 is 1.67. The number of hydrogen-bond donors (Lipinski definition) is 2. The normalized spacial score (nSPS) is 18.1. The predicted molar refractivity (Wildman–Crippen MR) is 82.0 cm³/mol. The first-order chi connectivity index (χ1) is 9.76. The predicted octanol–water partition coefficient (Wildman–Crippen LogP) is 1.65. The molecule has 2 heterocycles. The van der Waals surface area contributed by atoms with Crippen LogP contribution in [-0.4, -0.2) is 45.3 Å². The van der Waals surface area contributed by atoms with Gasteiger partial charge in [0.05, 0.1) is 0 Å². The SMILES string of the molecule is C=CCn1c(SC[C@@H](C)CO)nnc1C1CCNCC1. The fourth-order valence-corrected chi connectivity index (χ4v) is 3.32. The fourth-order valence-electron chi connectivity index (χ4n) is 2.36. The van der Waals surface area contributed by atoms with Crippen LogP contribution >= 0.6 is 11.8 Å². The van der Waals surface area contributed by atoms with E-state index in [1.165, 1.54) is 0 Å².